The molecule has 2 bridgehead atoms. The van der Waals surface area contributed by atoms with Crippen LogP contribution in [-0.4, -0.2) is 78.2 Å². The quantitative estimate of drug-likeness (QED) is 0.449. The Morgan fingerprint density at radius 2 is 1.76 bits per heavy atom. The highest BCUT2D eigenvalue weighted by molar-refractivity contribution is 5.89. The Hall–Kier alpha value is -2.52. The van der Waals surface area contributed by atoms with Crippen LogP contribution >= 0.6 is 0 Å². The Kier molecular flexibility index (Phi) is 6.05. The first-order chi connectivity index (χ1) is 14.1. The Labute approximate surface area is 170 Å². The van der Waals surface area contributed by atoms with E-state index in [9.17, 15) is 9.59 Å². The highest BCUT2D eigenvalue weighted by atomic mass is 16.5. The van der Waals surface area contributed by atoms with Crippen molar-refractivity contribution in [2.24, 2.45) is 17.6 Å². The summed E-state index contributed by atoms with van der Waals surface area (Å²) in [6.07, 6.45) is 8.44. The van der Waals surface area contributed by atoms with Crippen molar-refractivity contribution in [3.8, 4) is 0 Å². The van der Waals surface area contributed by atoms with Crippen LogP contribution in [0.15, 0.2) is 30.6 Å². The van der Waals surface area contributed by atoms with E-state index in [0.29, 0.717) is 6.54 Å². The number of carbonyl (C=O) groups is 2. The number of unbranched alkanes of at least 4 members (excludes halogenated alkanes) is 1. The van der Waals surface area contributed by atoms with E-state index in [2.05, 4.69) is 25.1 Å². The lowest BCUT2D eigenvalue weighted by molar-refractivity contribution is -0.132. The molecule has 9 heteroatoms. The molecule has 4 unspecified atom stereocenters. The molecular weight excluding hydrogens is 372 g/mol. The standard InChI is InChI=1S/C20H28N6O3/c21-18(27)16-14-4-5-15(29-14)17(16)19(28)22-6-1-2-9-25-10-12-26(13-11-25)20-23-7-3-8-24-20/h3-5,7-8,14-17H,1-2,6,9-13H2,(H2,21,27)(H,22,28). The van der Waals surface area contributed by atoms with Gasteiger partial charge >= 0.3 is 0 Å². The number of amides is 2. The molecule has 0 saturated carbocycles. The summed E-state index contributed by atoms with van der Waals surface area (Å²) in [4.78, 5) is 37.5. The summed E-state index contributed by atoms with van der Waals surface area (Å²) in [7, 11) is 0. The lowest BCUT2D eigenvalue weighted by Gasteiger charge is -2.34. The van der Waals surface area contributed by atoms with Crippen molar-refractivity contribution in [2.45, 2.75) is 25.0 Å². The second-order valence-corrected chi connectivity index (χ2v) is 7.78. The number of piperazine rings is 1. The third kappa shape index (κ3) is 4.40. The fourth-order valence-electron chi connectivity index (χ4n) is 4.38. The Morgan fingerprint density at radius 3 is 2.45 bits per heavy atom. The minimum atomic E-state index is -0.560. The summed E-state index contributed by atoms with van der Waals surface area (Å²) in [6.45, 7) is 5.42. The predicted molar refractivity (Wildman–Crippen MR) is 107 cm³/mol. The number of nitrogens with one attached hydrogen (secondary N) is 1. The van der Waals surface area contributed by atoms with E-state index in [1.807, 2.05) is 18.2 Å². The third-order valence-corrected chi connectivity index (χ3v) is 5.94. The van der Waals surface area contributed by atoms with Crippen molar-refractivity contribution < 1.29 is 14.3 Å². The number of ether oxygens (including phenoxy) is 1. The zero-order chi connectivity index (χ0) is 20.2. The fourth-order valence-corrected chi connectivity index (χ4v) is 4.38. The number of nitrogens with zero attached hydrogens (tertiary/aromatic N) is 4. The summed E-state index contributed by atoms with van der Waals surface area (Å²) >= 11 is 0. The minimum Gasteiger partial charge on any atom is -0.369 e. The van der Waals surface area contributed by atoms with Gasteiger partial charge < -0.3 is 20.7 Å². The lowest BCUT2D eigenvalue weighted by atomic mass is 9.82. The van der Waals surface area contributed by atoms with Gasteiger partial charge in [-0.15, -0.1) is 0 Å². The first-order valence-corrected chi connectivity index (χ1v) is 10.3. The fraction of sp³-hybridized carbons (Fsp3) is 0.600. The van der Waals surface area contributed by atoms with Crippen LogP contribution in [-0.2, 0) is 14.3 Å². The smallest absolute Gasteiger partial charge is 0.227 e. The molecule has 0 spiro atoms. The van der Waals surface area contributed by atoms with Gasteiger partial charge in [0.25, 0.3) is 0 Å². The zero-order valence-corrected chi connectivity index (χ0v) is 16.4. The van der Waals surface area contributed by atoms with Crippen LogP contribution in [0.1, 0.15) is 12.8 Å². The van der Waals surface area contributed by atoms with E-state index < -0.39 is 17.7 Å². The normalized spacial score (nSPS) is 28.6. The number of aromatic nitrogens is 2. The van der Waals surface area contributed by atoms with Crippen molar-refractivity contribution >= 4 is 17.8 Å². The molecule has 3 aliphatic rings. The topological polar surface area (TPSA) is 114 Å². The molecule has 3 aliphatic heterocycles. The molecule has 0 aliphatic carbocycles. The molecule has 3 N–H and O–H groups in total. The molecule has 2 saturated heterocycles. The summed E-state index contributed by atoms with van der Waals surface area (Å²) in [6, 6.07) is 1.83. The average molecular weight is 400 g/mol. The molecule has 4 heterocycles. The zero-order valence-electron chi connectivity index (χ0n) is 16.4. The highest BCUT2D eigenvalue weighted by Crippen LogP contribution is 2.38. The van der Waals surface area contributed by atoms with Crippen molar-refractivity contribution in [3.05, 3.63) is 30.6 Å². The van der Waals surface area contributed by atoms with Gasteiger partial charge in [0.05, 0.1) is 24.0 Å². The van der Waals surface area contributed by atoms with Crippen LogP contribution in [0.5, 0.6) is 0 Å². The number of rotatable bonds is 8. The van der Waals surface area contributed by atoms with E-state index in [-0.39, 0.29) is 18.1 Å². The summed E-state index contributed by atoms with van der Waals surface area (Å²) in [5, 5.41) is 2.96. The van der Waals surface area contributed by atoms with E-state index in [1.54, 1.807) is 12.4 Å². The molecule has 4 rings (SSSR count). The largest absolute Gasteiger partial charge is 0.369 e. The number of carbonyl (C=O) groups excluding carboxylic acids is 2. The van der Waals surface area contributed by atoms with Gasteiger partial charge in [-0.05, 0) is 25.5 Å². The number of hydrogen-bond acceptors (Lipinski definition) is 7. The molecule has 2 fully saturated rings. The molecule has 1 aromatic heterocycles. The molecule has 0 radical (unpaired) electrons. The van der Waals surface area contributed by atoms with Gasteiger partial charge in [0.15, 0.2) is 0 Å². The molecule has 29 heavy (non-hydrogen) atoms. The molecule has 9 nitrogen and oxygen atoms in total. The summed E-state index contributed by atoms with van der Waals surface area (Å²) < 4.78 is 5.64. The number of nitrogens with two attached hydrogens (primary N) is 1. The molecule has 0 aromatic carbocycles. The number of anilines is 1. The maximum atomic E-state index is 12.5. The lowest BCUT2D eigenvalue weighted by Crippen LogP contribution is -2.47. The maximum Gasteiger partial charge on any atom is 0.227 e. The predicted octanol–water partition coefficient (Wildman–Crippen LogP) is -0.450. The van der Waals surface area contributed by atoms with Gasteiger partial charge in [-0.25, -0.2) is 9.97 Å². The monoisotopic (exact) mass is 400 g/mol. The highest BCUT2D eigenvalue weighted by Gasteiger charge is 2.52. The van der Waals surface area contributed by atoms with Crippen molar-refractivity contribution in [2.75, 3.05) is 44.2 Å². The Balaban J connectivity index is 1.13. The van der Waals surface area contributed by atoms with E-state index in [4.69, 9.17) is 10.5 Å². The SMILES string of the molecule is NC(=O)C1C2C=CC(O2)C1C(=O)NCCCCN1CCN(c2ncccn2)CC1. The number of hydrogen-bond donors (Lipinski definition) is 2. The van der Waals surface area contributed by atoms with Gasteiger partial charge in [-0.2, -0.15) is 0 Å². The second kappa shape index (κ2) is 8.87. The van der Waals surface area contributed by atoms with Crippen molar-refractivity contribution in [3.63, 3.8) is 0 Å². The van der Waals surface area contributed by atoms with Crippen LogP contribution < -0.4 is 16.0 Å². The minimum absolute atomic E-state index is 0.137. The first kappa shape index (κ1) is 19.8. The van der Waals surface area contributed by atoms with Crippen LogP contribution in [0, 0.1) is 11.8 Å². The van der Waals surface area contributed by atoms with Crippen LogP contribution in [0.4, 0.5) is 5.95 Å². The summed E-state index contributed by atoms with van der Waals surface area (Å²) in [5.74, 6) is -0.876. The van der Waals surface area contributed by atoms with Crippen LogP contribution in [0.25, 0.3) is 0 Å². The van der Waals surface area contributed by atoms with E-state index in [0.717, 1.165) is 51.5 Å². The molecule has 156 valence electrons. The van der Waals surface area contributed by atoms with Gasteiger partial charge in [0, 0.05) is 45.1 Å². The Morgan fingerprint density at radius 1 is 1.07 bits per heavy atom. The number of primary amides is 1. The van der Waals surface area contributed by atoms with Gasteiger partial charge in [-0.1, -0.05) is 12.2 Å². The van der Waals surface area contributed by atoms with Crippen LogP contribution in [0.3, 0.4) is 0 Å². The third-order valence-electron chi connectivity index (χ3n) is 5.94. The number of fused-ring (bicyclic) bond motifs is 2. The van der Waals surface area contributed by atoms with E-state index in [1.165, 1.54) is 0 Å². The summed E-state index contributed by atoms with van der Waals surface area (Å²) in [5.41, 5.74) is 5.47. The molecular formula is C20H28N6O3. The first-order valence-electron chi connectivity index (χ1n) is 10.3. The average Bonchev–Trinajstić information content (AvgIpc) is 3.36. The molecule has 4 atom stereocenters. The van der Waals surface area contributed by atoms with Crippen molar-refractivity contribution in [1.29, 1.82) is 0 Å². The molecule has 1 aromatic rings. The molecule has 2 amide bonds. The van der Waals surface area contributed by atoms with Gasteiger partial charge in [-0.3, -0.25) is 14.5 Å². The van der Waals surface area contributed by atoms with Gasteiger partial charge in [0.2, 0.25) is 17.8 Å². The maximum absolute atomic E-state index is 12.5. The van der Waals surface area contributed by atoms with E-state index >= 15 is 0 Å². The van der Waals surface area contributed by atoms with Crippen molar-refractivity contribution in [1.82, 2.24) is 20.2 Å². The van der Waals surface area contributed by atoms with Crippen LogP contribution in [0.2, 0.25) is 0 Å². The Bertz CT molecular complexity index is 750. The van der Waals surface area contributed by atoms with Gasteiger partial charge in [0.1, 0.15) is 0 Å². The second-order valence-electron chi connectivity index (χ2n) is 7.78.